The van der Waals surface area contributed by atoms with Crippen molar-refractivity contribution in [1.82, 2.24) is 4.90 Å². The first kappa shape index (κ1) is 22.2. The van der Waals surface area contributed by atoms with Crippen molar-refractivity contribution < 1.29 is 14.3 Å². The lowest BCUT2D eigenvalue weighted by Crippen LogP contribution is -2.49. The Bertz CT molecular complexity index is 540. The SMILES string of the molecule is CCC(C)C(N)C(=O)N(CC)CC(=O)Nc1ccccc1OC.Cl. The smallest absolute Gasteiger partial charge is 0.244 e. The number of anilines is 1. The van der Waals surface area contributed by atoms with Crippen LogP contribution in [0.5, 0.6) is 5.75 Å². The summed E-state index contributed by atoms with van der Waals surface area (Å²) in [5.41, 5.74) is 6.56. The van der Waals surface area contributed by atoms with Gasteiger partial charge in [0.25, 0.3) is 0 Å². The third-order valence-electron chi connectivity index (χ3n) is 3.95. The standard InChI is InChI=1S/C17H27N3O3.ClH/c1-5-12(3)16(18)17(22)20(6-2)11-15(21)19-13-9-7-8-10-14(13)23-4;/h7-10,12,16H,5-6,11,18H2,1-4H3,(H,19,21);1H. The Balaban J connectivity index is 0.00000529. The molecule has 24 heavy (non-hydrogen) atoms. The molecular formula is C17H28ClN3O3. The number of nitrogens with two attached hydrogens (primary N) is 1. The van der Waals surface area contributed by atoms with Crippen LogP contribution in [0.3, 0.4) is 0 Å². The maximum atomic E-state index is 12.4. The predicted molar refractivity (Wildman–Crippen MR) is 98.6 cm³/mol. The molecule has 0 aliphatic heterocycles. The van der Waals surface area contributed by atoms with Crippen molar-refractivity contribution >= 4 is 29.9 Å². The normalized spacial score (nSPS) is 12.5. The topological polar surface area (TPSA) is 84.7 Å². The average Bonchev–Trinajstić information content (AvgIpc) is 2.58. The van der Waals surface area contributed by atoms with Crippen molar-refractivity contribution in [2.24, 2.45) is 11.7 Å². The lowest BCUT2D eigenvalue weighted by Gasteiger charge is -2.26. The molecule has 0 spiro atoms. The quantitative estimate of drug-likeness (QED) is 0.747. The molecule has 6 nitrogen and oxygen atoms in total. The van der Waals surface area contributed by atoms with E-state index in [1.54, 1.807) is 18.2 Å². The van der Waals surface area contributed by atoms with Crippen molar-refractivity contribution in [3.05, 3.63) is 24.3 Å². The Labute approximate surface area is 150 Å². The van der Waals surface area contributed by atoms with Crippen LogP contribution in [0.4, 0.5) is 5.69 Å². The summed E-state index contributed by atoms with van der Waals surface area (Å²) in [6.45, 7) is 6.16. The molecule has 0 aromatic heterocycles. The number of nitrogens with one attached hydrogen (secondary N) is 1. The zero-order valence-electron chi connectivity index (χ0n) is 14.7. The fraction of sp³-hybridized carbons (Fsp3) is 0.529. The van der Waals surface area contributed by atoms with E-state index in [-0.39, 0.29) is 36.7 Å². The van der Waals surface area contributed by atoms with Gasteiger partial charge in [-0.05, 0) is 25.0 Å². The summed E-state index contributed by atoms with van der Waals surface area (Å²) in [6, 6.07) is 6.55. The van der Waals surface area contributed by atoms with E-state index in [1.165, 1.54) is 12.0 Å². The minimum Gasteiger partial charge on any atom is -0.495 e. The first-order chi connectivity index (χ1) is 10.9. The Morgan fingerprint density at radius 1 is 1.29 bits per heavy atom. The molecule has 0 aliphatic carbocycles. The second kappa shape index (κ2) is 10.9. The first-order valence-electron chi connectivity index (χ1n) is 7.91. The maximum Gasteiger partial charge on any atom is 0.244 e. The third-order valence-corrected chi connectivity index (χ3v) is 3.95. The summed E-state index contributed by atoms with van der Waals surface area (Å²) in [6.07, 6.45) is 0.817. The zero-order valence-corrected chi connectivity index (χ0v) is 15.6. The summed E-state index contributed by atoms with van der Waals surface area (Å²) >= 11 is 0. The van der Waals surface area contributed by atoms with E-state index in [1.807, 2.05) is 26.8 Å². The molecule has 2 unspecified atom stereocenters. The third kappa shape index (κ3) is 6.02. The number of rotatable bonds is 8. The van der Waals surface area contributed by atoms with Gasteiger partial charge in [-0.3, -0.25) is 9.59 Å². The largest absolute Gasteiger partial charge is 0.495 e. The van der Waals surface area contributed by atoms with Crippen LogP contribution in [0.1, 0.15) is 27.2 Å². The van der Waals surface area contributed by atoms with Crippen LogP contribution in [0.25, 0.3) is 0 Å². The minimum absolute atomic E-state index is 0. The molecule has 0 aliphatic rings. The van der Waals surface area contributed by atoms with Crippen LogP contribution in [-0.4, -0.2) is 43.0 Å². The fourth-order valence-corrected chi connectivity index (χ4v) is 2.16. The Morgan fingerprint density at radius 2 is 1.92 bits per heavy atom. The molecule has 0 saturated heterocycles. The number of nitrogens with zero attached hydrogens (tertiary/aromatic N) is 1. The van der Waals surface area contributed by atoms with Gasteiger partial charge in [-0.1, -0.05) is 32.4 Å². The summed E-state index contributed by atoms with van der Waals surface area (Å²) in [5, 5.41) is 2.76. The number of carbonyl (C=O) groups excluding carboxylic acids is 2. The lowest BCUT2D eigenvalue weighted by atomic mass is 9.99. The molecule has 2 amide bonds. The van der Waals surface area contributed by atoms with Gasteiger partial charge in [0.15, 0.2) is 0 Å². The summed E-state index contributed by atoms with van der Waals surface area (Å²) < 4.78 is 5.19. The molecule has 3 N–H and O–H groups in total. The van der Waals surface area contributed by atoms with Gasteiger partial charge in [-0.25, -0.2) is 0 Å². The molecule has 1 aromatic rings. The number of hydrogen-bond acceptors (Lipinski definition) is 4. The summed E-state index contributed by atoms with van der Waals surface area (Å²) in [5.74, 6) is 0.179. The number of likely N-dealkylation sites (N-methyl/N-ethyl adjacent to an activating group) is 1. The molecule has 0 radical (unpaired) electrons. The van der Waals surface area contributed by atoms with Crippen LogP contribution in [0.15, 0.2) is 24.3 Å². The highest BCUT2D eigenvalue weighted by atomic mass is 35.5. The number of hydrogen-bond donors (Lipinski definition) is 2. The summed E-state index contributed by atoms with van der Waals surface area (Å²) in [4.78, 5) is 26.1. The van der Waals surface area contributed by atoms with Gasteiger partial charge in [0, 0.05) is 6.54 Å². The van der Waals surface area contributed by atoms with Gasteiger partial charge in [0.05, 0.1) is 25.4 Å². The lowest BCUT2D eigenvalue weighted by molar-refractivity contribution is -0.136. The van der Waals surface area contributed by atoms with E-state index in [9.17, 15) is 9.59 Å². The second-order valence-corrected chi connectivity index (χ2v) is 5.51. The van der Waals surface area contributed by atoms with E-state index >= 15 is 0 Å². The molecule has 2 atom stereocenters. The van der Waals surface area contributed by atoms with Crippen LogP contribution < -0.4 is 15.8 Å². The molecule has 1 aromatic carbocycles. The van der Waals surface area contributed by atoms with Gasteiger partial charge in [-0.2, -0.15) is 0 Å². The number of carbonyl (C=O) groups is 2. The van der Waals surface area contributed by atoms with Gasteiger partial charge in [0.1, 0.15) is 5.75 Å². The van der Waals surface area contributed by atoms with Crippen LogP contribution in [0, 0.1) is 5.92 Å². The molecule has 7 heteroatoms. The molecule has 1 rings (SSSR count). The van der Waals surface area contributed by atoms with Gasteiger partial charge in [-0.15, -0.1) is 12.4 Å². The van der Waals surface area contributed by atoms with Gasteiger partial charge >= 0.3 is 0 Å². The van der Waals surface area contributed by atoms with E-state index in [0.29, 0.717) is 18.0 Å². The van der Waals surface area contributed by atoms with Crippen molar-refractivity contribution in [2.75, 3.05) is 25.5 Å². The molecule has 0 bridgehead atoms. The Kier molecular flexibility index (Phi) is 10.1. The number of ether oxygens (including phenoxy) is 1. The number of amides is 2. The Morgan fingerprint density at radius 3 is 2.46 bits per heavy atom. The molecule has 0 fully saturated rings. The molecule has 136 valence electrons. The van der Waals surface area contributed by atoms with Crippen molar-refractivity contribution in [2.45, 2.75) is 33.2 Å². The van der Waals surface area contributed by atoms with Crippen molar-refractivity contribution in [3.63, 3.8) is 0 Å². The highest BCUT2D eigenvalue weighted by molar-refractivity contribution is 5.96. The van der Waals surface area contributed by atoms with Crippen molar-refractivity contribution in [1.29, 1.82) is 0 Å². The molecule has 0 saturated carbocycles. The average molecular weight is 358 g/mol. The van der Waals surface area contributed by atoms with Gasteiger partial charge < -0.3 is 20.7 Å². The number of para-hydroxylation sites is 2. The van der Waals surface area contributed by atoms with E-state index in [4.69, 9.17) is 10.5 Å². The van der Waals surface area contributed by atoms with Crippen LogP contribution >= 0.6 is 12.4 Å². The van der Waals surface area contributed by atoms with E-state index in [2.05, 4.69) is 5.32 Å². The Hall–Kier alpha value is -1.79. The summed E-state index contributed by atoms with van der Waals surface area (Å²) in [7, 11) is 1.54. The fourth-order valence-electron chi connectivity index (χ4n) is 2.16. The van der Waals surface area contributed by atoms with E-state index in [0.717, 1.165) is 6.42 Å². The molecular weight excluding hydrogens is 330 g/mol. The zero-order chi connectivity index (χ0) is 17.4. The van der Waals surface area contributed by atoms with Crippen molar-refractivity contribution in [3.8, 4) is 5.75 Å². The number of benzene rings is 1. The minimum atomic E-state index is -0.584. The maximum absolute atomic E-state index is 12.4. The number of halogens is 1. The molecule has 0 heterocycles. The monoisotopic (exact) mass is 357 g/mol. The number of methoxy groups -OCH3 is 1. The predicted octanol–water partition coefficient (Wildman–Crippen LogP) is 2.28. The second-order valence-electron chi connectivity index (χ2n) is 5.51. The highest BCUT2D eigenvalue weighted by Gasteiger charge is 2.25. The van der Waals surface area contributed by atoms with Gasteiger partial charge in [0.2, 0.25) is 11.8 Å². The highest BCUT2D eigenvalue weighted by Crippen LogP contribution is 2.22. The van der Waals surface area contributed by atoms with Crippen LogP contribution in [0.2, 0.25) is 0 Å². The first-order valence-corrected chi connectivity index (χ1v) is 7.91. The van der Waals surface area contributed by atoms with E-state index < -0.39 is 6.04 Å². The van der Waals surface area contributed by atoms with Crippen LogP contribution in [-0.2, 0) is 9.59 Å².